The van der Waals surface area contributed by atoms with Gasteiger partial charge in [-0.3, -0.25) is 9.69 Å². The van der Waals surface area contributed by atoms with Crippen LogP contribution < -0.4 is 10.6 Å². The molecule has 1 heterocycles. The molecule has 2 fully saturated rings. The Labute approximate surface area is 137 Å². The molecule has 0 unspecified atom stereocenters. The SMILES string of the molecule is O=C1CNC(=O)N1CCN[C@H]1CCCC[C@H]1Cc1ccccc1. The molecule has 0 radical (unpaired) electrons. The number of nitrogens with zero attached hydrogens (tertiary/aromatic N) is 1. The van der Waals surface area contributed by atoms with Crippen molar-refractivity contribution in [3.8, 4) is 0 Å². The summed E-state index contributed by atoms with van der Waals surface area (Å²) in [6.45, 7) is 1.27. The lowest BCUT2D eigenvalue weighted by molar-refractivity contribution is -0.124. The van der Waals surface area contributed by atoms with Gasteiger partial charge in [0, 0.05) is 19.1 Å². The Hall–Kier alpha value is -1.88. The van der Waals surface area contributed by atoms with E-state index in [1.54, 1.807) is 0 Å². The van der Waals surface area contributed by atoms with Crippen molar-refractivity contribution in [2.24, 2.45) is 5.92 Å². The highest BCUT2D eigenvalue weighted by Crippen LogP contribution is 2.27. The summed E-state index contributed by atoms with van der Waals surface area (Å²) in [7, 11) is 0. The quantitative estimate of drug-likeness (QED) is 0.789. The molecule has 1 aromatic rings. The van der Waals surface area contributed by atoms with Gasteiger partial charge in [0.25, 0.3) is 0 Å². The molecule has 2 aliphatic rings. The molecule has 23 heavy (non-hydrogen) atoms. The van der Waals surface area contributed by atoms with E-state index in [4.69, 9.17) is 0 Å². The average Bonchev–Trinajstić information content (AvgIpc) is 2.89. The molecule has 3 rings (SSSR count). The van der Waals surface area contributed by atoms with Crippen LogP contribution in [0.2, 0.25) is 0 Å². The summed E-state index contributed by atoms with van der Waals surface area (Å²) < 4.78 is 0. The van der Waals surface area contributed by atoms with Crippen molar-refractivity contribution in [3.63, 3.8) is 0 Å². The van der Waals surface area contributed by atoms with Gasteiger partial charge in [0.15, 0.2) is 0 Å². The minimum Gasteiger partial charge on any atom is -0.329 e. The van der Waals surface area contributed by atoms with Gasteiger partial charge in [-0.1, -0.05) is 43.2 Å². The lowest BCUT2D eigenvalue weighted by Crippen LogP contribution is -2.44. The van der Waals surface area contributed by atoms with Crippen LogP contribution in [0.3, 0.4) is 0 Å². The molecule has 1 aliphatic carbocycles. The zero-order valence-electron chi connectivity index (χ0n) is 13.5. The Morgan fingerprint density at radius 3 is 2.65 bits per heavy atom. The number of carbonyl (C=O) groups excluding carboxylic acids is 2. The molecule has 0 aromatic heterocycles. The number of benzene rings is 1. The second kappa shape index (κ2) is 7.59. The largest absolute Gasteiger partial charge is 0.329 e. The maximum absolute atomic E-state index is 11.6. The lowest BCUT2D eigenvalue weighted by atomic mass is 9.80. The van der Waals surface area contributed by atoms with Crippen molar-refractivity contribution in [3.05, 3.63) is 35.9 Å². The molecule has 0 bridgehead atoms. The molecular formula is C18H25N3O2. The second-order valence-corrected chi connectivity index (χ2v) is 6.50. The number of rotatable bonds is 6. The van der Waals surface area contributed by atoms with Crippen molar-refractivity contribution >= 4 is 11.9 Å². The van der Waals surface area contributed by atoms with E-state index in [2.05, 4.69) is 41.0 Å². The number of amides is 3. The number of nitrogens with one attached hydrogen (secondary N) is 2. The fourth-order valence-corrected chi connectivity index (χ4v) is 3.68. The van der Waals surface area contributed by atoms with Crippen LogP contribution in [0.5, 0.6) is 0 Å². The highest BCUT2D eigenvalue weighted by atomic mass is 16.2. The van der Waals surface area contributed by atoms with Crippen molar-refractivity contribution in [2.45, 2.75) is 38.1 Å². The summed E-state index contributed by atoms with van der Waals surface area (Å²) in [6.07, 6.45) is 6.07. The molecule has 5 nitrogen and oxygen atoms in total. The minimum atomic E-state index is -0.263. The Morgan fingerprint density at radius 1 is 1.13 bits per heavy atom. The van der Waals surface area contributed by atoms with Gasteiger partial charge in [-0.05, 0) is 30.7 Å². The van der Waals surface area contributed by atoms with E-state index in [1.165, 1.54) is 36.1 Å². The summed E-state index contributed by atoms with van der Waals surface area (Å²) in [5.41, 5.74) is 1.39. The smallest absolute Gasteiger partial charge is 0.324 e. The maximum atomic E-state index is 11.6. The number of carbonyl (C=O) groups is 2. The van der Waals surface area contributed by atoms with Gasteiger partial charge in [0.05, 0.1) is 6.54 Å². The summed E-state index contributed by atoms with van der Waals surface area (Å²) in [4.78, 5) is 24.4. The minimum absolute atomic E-state index is 0.124. The first-order valence-electron chi connectivity index (χ1n) is 8.59. The Kier molecular flexibility index (Phi) is 5.28. The molecule has 1 saturated heterocycles. The number of hydrogen-bond acceptors (Lipinski definition) is 3. The summed E-state index contributed by atoms with van der Waals surface area (Å²) in [6, 6.07) is 10.8. The monoisotopic (exact) mass is 315 g/mol. The Bertz CT molecular complexity index is 530. The van der Waals surface area contributed by atoms with Crippen LogP contribution in [0, 0.1) is 5.92 Å². The molecule has 1 saturated carbocycles. The van der Waals surface area contributed by atoms with Crippen molar-refractivity contribution in [2.75, 3.05) is 19.6 Å². The topological polar surface area (TPSA) is 61.4 Å². The second-order valence-electron chi connectivity index (χ2n) is 6.50. The molecular weight excluding hydrogens is 290 g/mol. The van der Waals surface area contributed by atoms with Crippen LogP contribution in [0.25, 0.3) is 0 Å². The number of imide groups is 1. The van der Waals surface area contributed by atoms with Gasteiger partial charge in [-0.2, -0.15) is 0 Å². The molecule has 3 amide bonds. The van der Waals surface area contributed by atoms with Crippen LogP contribution in [-0.4, -0.2) is 42.5 Å². The lowest BCUT2D eigenvalue weighted by Gasteiger charge is -2.33. The molecule has 124 valence electrons. The third kappa shape index (κ3) is 4.10. The van der Waals surface area contributed by atoms with E-state index >= 15 is 0 Å². The number of hydrogen-bond donors (Lipinski definition) is 2. The zero-order chi connectivity index (χ0) is 16.1. The van der Waals surface area contributed by atoms with E-state index in [0.29, 0.717) is 25.0 Å². The molecule has 2 atom stereocenters. The molecule has 1 aromatic carbocycles. The first-order chi connectivity index (χ1) is 11.2. The van der Waals surface area contributed by atoms with Gasteiger partial charge in [0.1, 0.15) is 0 Å². The normalized spacial score (nSPS) is 24.8. The van der Waals surface area contributed by atoms with Crippen molar-refractivity contribution in [1.29, 1.82) is 0 Å². The van der Waals surface area contributed by atoms with E-state index in [1.807, 2.05) is 0 Å². The average molecular weight is 315 g/mol. The van der Waals surface area contributed by atoms with Gasteiger partial charge in [-0.15, -0.1) is 0 Å². The first-order valence-corrected chi connectivity index (χ1v) is 8.59. The standard InChI is InChI=1S/C18H25N3O2/c22-17-13-20-18(23)21(17)11-10-19-16-9-5-4-8-15(16)12-14-6-2-1-3-7-14/h1-3,6-7,15-16,19H,4-5,8-13H2,(H,20,23)/t15-,16-/m0/s1. The van der Waals surface area contributed by atoms with Crippen LogP contribution in [0.1, 0.15) is 31.2 Å². The van der Waals surface area contributed by atoms with Crippen molar-refractivity contribution in [1.82, 2.24) is 15.5 Å². The first kappa shape index (κ1) is 16.0. The van der Waals surface area contributed by atoms with Crippen LogP contribution in [0.15, 0.2) is 30.3 Å². The predicted molar refractivity (Wildman–Crippen MR) is 89.0 cm³/mol. The van der Waals surface area contributed by atoms with E-state index < -0.39 is 0 Å². The Morgan fingerprint density at radius 2 is 1.91 bits per heavy atom. The summed E-state index contributed by atoms with van der Waals surface area (Å²) in [5, 5.41) is 6.14. The van der Waals surface area contributed by atoms with Crippen LogP contribution in [0.4, 0.5) is 4.79 Å². The summed E-state index contributed by atoms with van der Waals surface area (Å²) in [5.74, 6) is 0.510. The molecule has 2 N–H and O–H groups in total. The molecule has 1 aliphatic heterocycles. The third-order valence-corrected chi connectivity index (χ3v) is 4.93. The van der Waals surface area contributed by atoms with E-state index in [0.717, 1.165) is 6.42 Å². The van der Waals surface area contributed by atoms with Crippen molar-refractivity contribution < 1.29 is 9.59 Å². The summed E-state index contributed by atoms with van der Waals surface area (Å²) >= 11 is 0. The predicted octanol–water partition coefficient (Wildman–Crippen LogP) is 1.93. The zero-order valence-corrected chi connectivity index (χ0v) is 13.5. The number of urea groups is 1. The van der Waals surface area contributed by atoms with Crippen LogP contribution >= 0.6 is 0 Å². The van der Waals surface area contributed by atoms with Crippen LogP contribution in [-0.2, 0) is 11.2 Å². The fourth-order valence-electron chi connectivity index (χ4n) is 3.68. The molecule has 0 spiro atoms. The van der Waals surface area contributed by atoms with E-state index in [-0.39, 0.29) is 18.5 Å². The maximum Gasteiger partial charge on any atom is 0.324 e. The van der Waals surface area contributed by atoms with Gasteiger partial charge >= 0.3 is 6.03 Å². The fraction of sp³-hybridized carbons (Fsp3) is 0.556. The van der Waals surface area contributed by atoms with Gasteiger partial charge in [0.2, 0.25) is 5.91 Å². The highest BCUT2D eigenvalue weighted by Gasteiger charge is 2.29. The van der Waals surface area contributed by atoms with Gasteiger partial charge < -0.3 is 10.6 Å². The van der Waals surface area contributed by atoms with Gasteiger partial charge in [-0.25, -0.2) is 4.79 Å². The Balaban J connectivity index is 1.50. The highest BCUT2D eigenvalue weighted by molar-refractivity contribution is 6.01. The molecule has 5 heteroatoms. The third-order valence-electron chi connectivity index (χ3n) is 4.93. The van der Waals surface area contributed by atoms with E-state index in [9.17, 15) is 9.59 Å².